The van der Waals surface area contributed by atoms with E-state index in [1.807, 2.05) is 78.6 Å². The van der Waals surface area contributed by atoms with Gasteiger partial charge in [-0.2, -0.15) is 0 Å². The summed E-state index contributed by atoms with van der Waals surface area (Å²) in [4.78, 5) is 34.4. The van der Waals surface area contributed by atoms with Crippen molar-refractivity contribution in [2.24, 2.45) is 0 Å². The summed E-state index contributed by atoms with van der Waals surface area (Å²) in [5, 5.41) is 0.576. The highest BCUT2D eigenvalue weighted by Gasteiger charge is 2.28. The first kappa shape index (κ1) is 25.4. The summed E-state index contributed by atoms with van der Waals surface area (Å²) in [7, 11) is 0. The van der Waals surface area contributed by atoms with Gasteiger partial charge in [-0.1, -0.05) is 80.4 Å². The molecular weight excluding hydrogens is 446 g/mol. The molecule has 186 valence electrons. The van der Waals surface area contributed by atoms with Crippen molar-refractivity contribution in [1.29, 1.82) is 0 Å². The average Bonchev–Trinajstić information content (AvgIpc) is 2.91. The molecule has 1 atom stereocenters. The number of amides is 1. The van der Waals surface area contributed by atoms with E-state index in [1.165, 1.54) is 0 Å². The minimum atomic E-state index is -0.307. The molecule has 0 aliphatic rings. The fourth-order valence-corrected chi connectivity index (χ4v) is 4.68. The number of carbonyl (C=O) groups excluding carboxylic acids is 1. The lowest BCUT2D eigenvalue weighted by atomic mass is 10.1. The SMILES string of the molecule is CCCCN(C(=O)CCc1ccccc1)C(CC)c1nc2ccccc2c(=O)n1-c1ccc(C)cc1. The van der Waals surface area contributed by atoms with Crippen LogP contribution in [0, 0.1) is 6.92 Å². The number of hydrogen-bond donors (Lipinski definition) is 0. The van der Waals surface area contributed by atoms with Gasteiger partial charge in [-0.15, -0.1) is 0 Å². The van der Waals surface area contributed by atoms with Crippen molar-refractivity contribution in [3.63, 3.8) is 0 Å². The number of rotatable bonds is 10. The molecule has 4 aromatic rings. The van der Waals surface area contributed by atoms with Crippen LogP contribution in [0.3, 0.4) is 0 Å². The average molecular weight is 482 g/mol. The van der Waals surface area contributed by atoms with Crippen molar-refractivity contribution in [3.8, 4) is 5.69 Å². The number of nitrogens with zero attached hydrogens (tertiary/aromatic N) is 3. The van der Waals surface area contributed by atoms with Crippen LogP contribution in [0.2, 0.25) is 0 Å². The molecule has 5 heteroatoms. The molecule has 0 aliphatic heterocycles. The first-order chi connectivity index (χ1) is 17.5. The van der Waals surface area contributed by atoms with Crippen LogP contribution in [0.5, 0.6) is 0 Å². The van der Waals surface area contributed by atoms with E-state index in [0.29, 0.717) is 42.5 Å². The molecule has 1 heterocycles. The molecule has 1 amide bonds. The van der Waals surface area contributed by atoms with E-state index in [-0.39, 0.29) is 17.5 Å². The Kier molecular flexibility index (Phi) is 8.32. The molecule has 0 fully saturated rings. The Morgan fingerprint density at radius 3 is 2.33 bits per heavy atom. The van der Waals surface area contributed by atoms with Gasteiger partial charge in [0.05, 0.1) is 22.6 Å². The van der Waals surface area contributed by atoms with Crippen molar-refractivity contribution in [3.05, 3.63) is 106 Å². The zero-order valence-corrected chi connectivity index (χ0v) is 21.5. The van der Waals surface area contributed by atoms with Crippen LogP contribution in [0.15, 0.2) is 83.7 Å². The van der Waals surface area contributed by atoms with E-state index >= 15 is 0 Å². The van der Waals surface area contributed by atoms with Crippen LogP contribution in [0.4, 0.5) is 0 Å². The number of benzene rings is 3. The van der Waals surface area contributed by atoms with Gasteiger partial charge in [0.15, 0.2) is 0 Å². The Bertz CT molecular complexity index is 1360. The normalized spacial score (nSPS) is 12.0. The van der Waals surface area contributed by atoms with Crippen LogP contribution in [0.1, 0.15) is 62.5 Å². The fraction of sp³-hybridized carbons (Fsp3) is 0.323. The molecule has 1 aromatic heterocycles. The van der Waals surface area contributed by atoms with Crippen molar-refractivity contribution in [1.82, 2.24) is 14.5 Å². The molecule has 0 bridgehead atoms. The van der Waals surface area contributed by atoms with Crippen LogP contribution in [-0.2, 0) is 11.2 Å². The van der Waals surface area contributed by atoms with E-state index in [4.69, 9.17) is 4.98 Å². The Balaban J connectivity index is 1.80. The topological polar surface area (TPSA) is 55.2 Å². The highest BCUT2D eigenvalue weighted by atomic mass is 16.2. The van der Waals surface area contributed by atoms with Crippen molar-refractivity contribution in [2.75, 3.05) is 6.54 Å². The summed E-state index contributed by atoms with van der Waals surface area (Å²) < 4.78 is 1.71. The first-order valence-corrected chi connectivity index (χ1v) is 13.0. The van der Waals surface area contributed by atoms with Gasteiger partial charge >= 0.3 is 0 Å². The Labute approximate surface area is 213 Å². The maximum Gasteiger partial charge on any atom is 0.266 e. The van der Waals surface area contributed by atoms with Gasteiger partial charge in [-0.05, 0) is 56.0 Å². The minimum absolute atomic E-state index is 0.0945. The maximum absolute atomic E-state index is 13.8. The molecule has 1 unspecified atom stereocenters. The van der Waals surface area contributed by atoms with Crippen LogP contribution in [0.25, 0.3) is 16.6 Å². The van der Waals surface area contributed by atoms with E-state index in [1.54, 1.807) is 4.57 Å². The molecule has 3 aromatic carbocycles. The summed E-state index contributed by atoms with van der Waals surface area (Å²) in [6.45, 7) is 6.86. The van der Waals surface area contributed by atoms with E-state index in [0.717, 1.165) is 29.7 Å². The quantitative estimate of drug-likeness (QED) is 0.263. The lowest BCUT2D eigenvalue weighted by Crippen LogP contribution is -2.39. The van der Waals surface area contributed by atoms with Gasteiger partial charge in [-0.3, -0.25) is 14.2 Å². The molecule has 5 nitrogen and oxygen atoms in total. The summed E-state index contributed by atoms with van der Waals surface area (Å²) in [5.74, 6) is 0.714. The second kappa shape index (κ2) is 11.8. The monoisotopic (exact) mass is 481 g/mol. The predicted octanol–water partition coefficient (Wildman–Crippen LogP) is 6.41. The van der Waals surface area contributed by atoms with Crippen molar-refractivity contribution >= 4 is 16.8 Å². The van der Waals surface area contributed by atoms with E-state index < -0.39 is 0 Å². The van der Waals surface area contributed by atoms with Gasteiger partial charge in [0.25, 0.3) is 5.56 Å². The van der Waals surface area contributed by atoms with Gasteiger partial charge < -0.3 is 4.90 Å². The molecule has 0 spiro atoms. The second-order valence-corrected chi connectivity index (χ2v) is 9.31. The van der Waals surface area contributed by atoms with Gasteiger partial charge in [0, 0.05) is 13.0 Å². The van der Waals surface area contributed by atoms with Gasteiger partial charge in [-0.25, -0.2) is 4.98 Å². The predicted molar refractivity (Wildman–Crippen MR) is 146 cm³/mol. The summed E-state index contributed by atoms with van der Waals surface area (Å²) in [6.07, 6.45) is 3.66. The smallest absolute Gasteiger partial charge is 0.266 e. The third-order valence-corrected chi connectivity index (χ3v) is 6.70. The van der Waals surface area contributed by atoms with Crippen LogP contribution < -0.4 is 5.56 Å². The number of aromatic nitrogens is 2. The molecule has 0 aliphatic carbocycles. The molecule has 0 radical (unpaired) electrons. The zero-order chi connectivity index (χ0) is 25.5. The summed E-state index contributed by atoms with van der Waals surface area (Å²) in [6, 6.07) is 25.2. The third kappa shape index (κ3) is 5.56. The summed E-state index contributed by atoms with van der Waals surface area (Å²) >= 11 is 0. The molecular formula is C31H35N3O2. The first-order valence-electron chi connectivity index (χ1n) is 13.0. The number of carbonyl (C=O) groups is 1. The lowest BCUT2D eigenvalue weighted by molar-refractivity contribution is -0.134. The van der Waals surface area contributed by atoms with E-state index in [2.05, 4.69) is 26.0 Å². The Morgan fingerprint density at radius 2 is 1.64 bits per heavy atom. The highest BCUT2D eigenvalue weighted by Crippen LogP contribution is 2.27. The Hall–Kier alpha value is -3.73. The van der Waals surface area contributed by atoms with Gasteiger partial charge in [0.1, 0.15) is 5.82 Å². The molecule has 4 rings (SSSR count). The minimum Gasteiger partial charge on any atom is -0.332 e. The molecule has 0 saturated heterocycles. The number of unbranched alkanes of at least 4 members (excludes halogenated alkanes) is 1. The third-order valence-electron chi connectivity index (χ3n) is 6.70. The van der Waals surface area contributed by atoms with Gasteiger partial charge in [0.2, 0.25) is 5.91 Å². The van der Waals surface area contributed by atoms with E-state index in [9.17, 15) is 9.59 Å². The fourth-order valence-electron chi connectivity index (χ4n) is 4.68. The number of fused-ring (bicyclic) bond motifs is 1. The second-order valence-electron chi connectivity index (χ2n) is 9.31. The standard InChI is InChI=1S/C31H35N3O2/c1-4-6-22-33(29(35)21-18-24-12-8-7-9-13-24)28(5-2)30-32-27-15-11-10-14-26(27)31(36)34(30)25-19-16-23(3)17-20-25/h7-17,19-20,28H,4-6,18,21-22H2,1-3H3. The molecule has 0 N–H and O–H groups in total. The maximum atomic E-state index is 13.8. The zero-order valence-electron chi connectivity index (χ0n) is 21.5. The molecule has 0 saturated carbocycles. The number of hydrogen-bond acceptors (Lipinski definition) is 3. The lowest BCUT2D eigenvalue weighted by Gasteiger charge is -2.32. The highest BCUT2D eigenvalue weighted by molar-refractivity contribution is 5.79. The van der Waals surface area contributed by atoms with Crippen LogP contribution >= 0.6 is 0 Å². The van der Waals surface area contributed by atoms with Crippen LogP contribution in [-0.4, -0.2) is 26.9 Å². The number of para-hydroxylation sites is 1. The molecule has 36 heavy (non-hydrogen) atoms. The summed E-state index contributed by atoms with van der Waals surface area (Å²) in [5.41, 5.74) is 3.59. The largest absolute Gasteiger partial charge is 0.332 e. The van der Waals surface area contributed by atoms with Crippen molar-refractivity contribution in [2.45, 2.75) is 58.9 Å². The Morgan fingerprint density at radius 1 is 0.944 bits per heavy atom. The van der Waals surface area contributed by atoms with Crippen molar-refractivity contribution < 1.29 is 4.79 Å². The number of aryl methyl sites for hydroxylation is 2.